The molecule has 0 spiro atoms. The van der Waals surface area contributed by atoms with Crippen molar-refractivity contribution in [3.8, 4) is 11.5 Å². The molecule has 0 radical (unpaired) electrons. The van der Waals surface area contributed by atoms with Crippen molar-refractivity contribution < 1.29 is 19.1 Å². The number of ether oxygens (including phenoxy) is 2. The maximum Gasteiger partial charge on any atom is 0.229 e. The zero-order valence-corrected chi connectivity index (χ0v) is 19.2. The van der Waals surface area contributed by atoms with Gasteiger partial charge in [-0.1, -0.05) is 22.0 Å². The van der Waals surface area contributed by atoms with Gasteiger partial charge in [-0.05, 0) is 30.3 Å². The van der Waals surface area contributed by atoms with Gasteiger partial charge in [0.15, 0.2) is 0 Å². The van der Waals surface area contributed by atoms with Crippen LogP contribution in [0, 0.1) is 5.92 Å². The lowest BCUT2D eigenvalue weighted by atomic mass is 10.1. The highest BCUT2D eigenvalue weighted by atomic mass is 79.9. The number of hydrogen-bond acceptors (Lipinski definition) is 5. The summed E-state index contributed by atoms with van der Waals surface area (Å²) in [6.45, 7) is 1.04. The molecule has 4 rings (SSSR count). The number of thioether (sulfide) groups is 1. The van der Waals surface area contributed by atoms with Crippen LogP contribution in [0.15, 0.2) is 46.9 Å². The third kappa shape index (κ3) is 4.03. The summed E-state index contributed by atoms with van der Waals surface area (Å²) in [4.78, 5) is 29.7. The van der Waals surface area contributed by atoms with E-state index < -0.39 is 0 Å². The number of carbonyl (C=O) groups excluding carboxylic acids is 2. The fourth-order valence-electron chi connectivity index (χ4n) is 3.99. The third-order valence-electron chi connectivity index (χ3n) is 5.47. The first kappa shape index (κ1) is 21.1. The van der Waals surface area contributed by atoms with Crippen LogP contribution in [0.1, 0.15) is 17.4 Å². The molecule has 2 heterocycles. The maximum atomic E-state index is 13.4. The molecule has 2 aliphatic heterocycles. The topological polar surface area (TPSA) is 59.1 Å². The average Bonchev–Trinajstić information content (AvgIpc) is 3.40. The van der Waals surface area contributed by atoms with Crippen LogP contribution >= 0.6 is 27.7 Å². The molecule has 2 aromatic carbocycles. The third-order valence-corrected chi connectivity index (χ3v) is 7.21. The van der Waals surface area contributed by atoms with Crippen LogP contribution in [0.4, 0.5) is 5.69 Å². The van der Waals surface area contributed by atoms with Crippen molar-refractivity contribution in [2.24, 2.45) is 5.92 Å². The van der Waals surface area contributed by atoms with Gasteiger partial charge in [-0.15, -0.1) is 11.8 Å². The van der Waals surface area contributed by atoms with Crippen molar-refractivity contribution in [2.45, 2.75) is 11.8 Å². The summed E-state index contributed by atoms with van der Waals surface area (Å²) in [6.07, 6.45) is 0.222. The second-order valence-corrected chi connectivity index (χ2v) is 9.35. The largest absolute Gasteiger partial charge is 0.497 e. The molecule has 2 amide bonds. The molecule has 2 fully saturated rings. The first-order valence-corrected chi connectivity index (χ1v) is 11.6. The minimum atomic E-state index is -0.358. The Morgan fingerprint density at radius 2 is 2.00 bits per heavy atom. The van der Waals surface area contributed by atoms with Crippen LogP contribution in [0.3, 0.4) is 0 Å². The molecule has 0 aliphatic carbocycles. The van der Waals surface area contributed by atoms with Crippen LogP contribution < -0.4 is 14.4 Å². The van der Waals surface area contributed by atoms with E-state index in [4.69, 9.17) is 9.47 Å². The lowest BCUT2D eigenvalue weighted by Crippen LogP contribution is -2.37. The average molecular weight is 491 g/mol. The van der Waals surface area contributed by atoms with Gasteiger partial charge in [-0.2, -0.15) is 0 Å². The van der Waals surface area contributed by atoms with Gasteiger partial charge in [-0.3, -0.25) is 9.59 Å². The van der Waals surface area contributed by atoms with Crippen molar-refractivity contribution in [2.75, 3.05) is 38.0 Å². The van der Waals surface area contributed by atoms with Gasteiger partial charge in [0.25, 0.3) is 0 Å². The minimum absolute atomic E-state index is 0.0192. The standard InChI is InChI=1S/C22H23BrN2O4S/c1-28-17-5-3-4-16(12-17)25-13-14(10-20(25)26)21(27)24-8-9-30-22(24)18-11-15(23)6-7-19(18)29-2/h3-7,11-12,14,22H,8-10,13H2,1-2H3. The highest BCUT2D eigenvalue weighted by Gasteiger charge is 2.41. The predicted octanol–water partition coefficient (Wildman–Crippen LogP) is 4.09. The van der Waals surface area contributed by atoms with Crippen LogP contribution in [0.5, 0.6) is 11.5 Å². The molecule has 2 unspecified atom stereocenters. The van der Waals surface area contributed by atoms with Crippen molar-refractivity contribution in [1.82, 2.24) is 4.90 Å². The lowest BCUT2D eigenvalue weighted by Gasteiger charge is -2.28. The van der Waals surface area contributed by atoms with Gasteiger partial charge in [0.05, 0.1) is 20.1 Å². The van der Waals surface area contributed by atoms with E-state index in [1.165, 1.54) is 0 Å². The summed E-state index contributed by atoms with van der Waals surface area (Å²) in [5.74, 6) is 1.93. The van der Waals surface area contributed by atoms with Gasteiger partial charge in [0, 0.05) is 47.1 Å². The summed E-state index contributed by atoms with van der Waals surface area (Å²) in [5.41, 5.74) is 1.73. The molecule has 2 saturated heterocycles. The van der Waals surface area contributed by atoms with E-state index in [-0.39, 0.29) is 29.5 Å². The number of halogens is 1. The zero-order chi connectivity index (χ0) is 21.3. The Hall–Kier alpha value is -2.19. The molecule has 0 aromatic heterocycles. The summed E-state index contributed by atoms with van der Waals surface area (Å²) in [5, 5.41) is -0.120. The molecule has 30 heavy (non-hydrogen) atoms. The molecule has 6 nitrogen and oxygen atoms in total. The van der Waals surface area contributed by atoms with Gasteiger partial charge in [0.2, 0.25) is 11.8 Å². The molecule has 2 aromatic rings. The van der Waals surface area contributed by atoms with E-state index in [1.54, 1.807) is 30.9 Å². The Morgan fingerprint density at radius 3 is 2.77 bits per heavy atom. The molecular weight excluding hydrogens is 468 g/mol. The van der Waals surface area contributed by atoms with E-state index in [2.05, 4.69) is 15.9 Å². The number of benzene rings is 2. The lowest BCUT2D eigenvalue weighted by molar-refractivity contribution is -0.136. The van der Waals surface area contributed by atoms with Gasteiger partial charge < -0.3 is 19.3 Å². The van der Waals surface area contributed by atoms with E-state index in [0.29, 0.717) is 18.8 Å². The normalized spacial score (nSPS) is 21.2. The predicted molar refractivity (Wildman–Crippen MR) is 121 cm³/mol. The number of anilines is 1. The van der Waals surface area contributed by atoms with Crippen molar-refractivity contribution in [3.63, 3.8) is 0 Å². The monoisotopic (exact) mass is 490 g/mol. The molecule has 8 heteroatoms. The molecule has 2 aliphatic rings. The van der Waals surface area contributed by atoms with Crippen LogP contribution in [-0.4, -0.2) is 49.8 Å². The van der Waals surface area contributed by atoms with E-state index in [0.717, 1.165) is 27.2 Å². The van der Waals surface area contributed by atoms with E-state index in [9.17, 15) is 9.59 Å². The Labute approximate surface area is 188 Å². The van der Waals surface area contributed by atoms with Gasteiger partial charge >= 0.3 is 0 Å². The van der Waals surface area contributed by atoms with E-state index in [1.807, 2.05) is 47.4 Å². The van der Waals surface area contributed by atoms with Crippen molar-refractivity contribution in [3.05, 3.63) is 52.5 Å². The van der Waals surface area contributed by atoms with Crippen molar-refractivity contribution in [1.29, 1.82) is 0 Å². The van der Waals surface area contributed by atoms with Crippen LogP contribution in [0.25, 0.3) is 0 Å². The smallest absolute Gasteiger partial charge is 0.229 e. The Balaban J connectivity index is 1.54. The quantitative estimate of drug-likeness (QED) is 0.631. The molecule has 0 saturated carbocycles. The highest BCUT2D eigenvalue weighted by Crippen LogP contribution is 2.44. The summed E-state index contributed by atoms with van der Waals surface area (Å²) < 4.78 is 11.7. The number of amides is 2. The second-order valence-electron chi connectivity index (χ2n) is 7.25. The van der Waals surface area contributed by atoms with Crippen LogP contribution in [0.2, 0.25) is 0 Å². The number of nitrogens with zero attached hydrogens (tertiary/aromatic N) is 2. The van der Waals surface area contributed by atoms with Gasteiger partial charge in [0.1, 0.15) is 16.9 Å². The van der Waals surface area contributed by atoms with E-state index >= 15 is 0 Å². The number of methoxy groups -OCH3 is 2. The Bertz CT molecular complexity index is 970. The molecule has 0 bridgehead atoms. The Morgan fingerprint density at radius 1 is 1.17 bits per heavy atom. The zero-order valence-electron chi connectivity index (χ0n) is 16.8. The minimum Gasteiger partial charge on any atom is -0.497 e. The first-order valence-electron chi connectivity index (χ1n) is 9.71. The second kappa shape index (κ2) is 8.89. The molecular formula is C22H23BrN2O4S. The fraction of sp³-hybridized carbons (Fsp3) is 0.364. The summed E-state index contributed by atoms with van der Waals surface area (Å²) in [6, 6.07) is 13.2. The molecule has 158 valence electrons. The van der Waals surface area contributed by atoms with Crippen molar-refractivity contribution >= 4 is 45.2 Å². The number of carbonyl (C=O) groups is 2. The first-order chi connectivity index (χ1) is 14.5. The summed E-state index contributed by atoms with van der Waals surface area (Å²) >= 11 is 5.24. The van der Waals surface area contributed by atoms with Crippen LogP contribution in [-0.2, 0) is 9.59 Å². The highest BCUT2D eigenvalue weighted by molar-refractivity contribution is 9.10. The summed E-state index contributed by atoms with van der Waals surface area (Å²) in [7, 11) is 3.23. The number of rotatable bonds is 5. The fourth-order valence-corrected chi connectivity index (χ4v) is 5.64. The molecule has 0 N–H and O–H groups in total. The van der Waals surface area contributed by atoms with Gasteiger partial charge in [-0.25, -0.2) is 0 Å². The molecule has 2 atom stereocenters. The SMILES string of the molecule is COc1cccc(N2CC(C(=O)N3CCSC3c3cc(Br)ccc3OC)CC2=O)c1. The Kier molecular flexibility index (Phi) is 6.24. The maximum absolute atomic E-state index is 13.4. The number of hydrogen-bond donors (Lipinski definition) is 0.